The van der Waals surface area contributed by atoms with Crippen LogP contribution < -0.4 is 0 Å². The number of nitrogens with zero attached hydrogens (tertiary/aromatic N) is 4. The second-order valence-electron chi connectivity index (χ2n) is 10.7. The van der Waals surface area contributed by atoms with Crippen molar-refractivity contribution in [2.75, 3.05) is 26.2 Å². The zero-order valence-corrected chi connectivity index (χ0v) is 25.2. The van der Waals surface area contributed by atoms with Crippen LogP contribution in [-0.2, 0) is 22.4 Å². The number of piperidine rings is 2. The van der Waals surface area contributed by atoms with Gasteiger partial charge in [0.15, 0.2) is 0 Å². The average molecular weight is 663 g/mol. The maximum Gasteiger partial charge on any atom is 0.236 e. The fourth-order valence-electron chi connectivity index (χ4n) is 6.45. The molecule has 38 heavy (non-hydrogen) atoms. The molecule has 3 heterocycles. The molecular weight excluding hydrogens is 632 g/mol. The highest BCUT2D eigenvalue weighted by molar-refractivity contribution is 9.10. The number of likely N-dealkylation sites (tertiary alicyclic amines) is 2. The molecule has 2 saturated heterocycles. The molecule has 1 aromatic carbocycles. The molecule has 0 spiro atoms. The summed E-state index contributed by atoms with van der Waals surface area (Å²) < 4.78 is 2.04. The largest absolute Gasteiger partial charge is 0.343 e. The van der Waals surface area contributed by atoms with Crippen LogP contribution in [-0.4, -0.2) is 52.8 Å². The number of halogens is 3. The first-order valence-electron chi connectivity index (χ1n) is 13.4. The summed E-state index contributed by atoms with van der Waals surface area (Å²) in [6.45, 7) is 2.80. The Morgan fingerprint density at radius 3 is 2.34 bits per heavy atom. The Bertz CT molecular complexity index is 1260. The molecule has 2 fully saturated rings. The van der Waals surface area contributed by atoms with Gasteiger partial charge in [0.1, 0.15) is 6.42 Å². The van der Waals surface area contributed by atoms with Crippen LogP contribution in [0.1, 0.15) is 66.8 Å². The molecule has 2 aliphatic heterocycles. The number of benzene rings is 1. The summed E-state index contributed by atoms with van der Waals surface area (Å²) in [5.41, 5.74) is 5.01. The van der Waals surface area contributed by atoms with Crippen molar-refractivity contribution in [2.24, 2.45) is 11.8 Å². The van der Waals surface area contributed by atoms with E-state index < -0.39 is 0 Å². The molecule has 9 heteroatoms. The summed E-state index contributed by atoms with van der Waals surface area (Å²) >= 11 is 13.9. The van der Waals surface area contributed by atoms with E-state index in [1.54, 1.807) is 4.90 Å². The van der Waals surface area contributed by atoms with E-state index in [9.17, 15) is 9.59 Å². The smallest absolute Gasteiger partial charge is 0.236 e. The number of hydrogen-bond acceptors (Lipinski definition) is 4. The van der Waals surface area contributed by atoms with Crippen molar-refractivity contribution >= 4 is 55.3 Å². The number of rotatable bonds is 4. The van der Waals surface area contributed by atoms with Crippen LogP contribution >= 0.6 is 43.5 Å². The molecule has 1 aromatic heterocycles. The molecule has 0 bridgehead atoms. The summed E-state index contributed by atoms with van der Waals surface area (Å²) in [4.78, 5) is 33.9. The Morgan fingerprint density at radius 1 is 0.974 bits per heavy atom. The number of pyridine rings is 1. The van der Waals surface area contributed by atoms with Crippen molar-refractivity contribution in [2.45, 2.75) is 57.3 Å². The maximum absolute atomic E-state index is 13.2. The highest BCUT2D eigenvalue weighted by Crippen LogP contribution is 2.46. The number of carbonyl (C=O) groups excluding carboxylic acids is 2. The number of aryl methyl sites for hydroxylation is 2. The van der Waals surface area contributed by atoms with E-state index in [1.165, 1.54) is 16.7 Å². The molecule has 200 valence electrons. The molecule has 1 atom stereocenters. The van der Waals surface area contributed by atoms with Gasteiger partial charge in [0, 0.05) is 58.7 Å². The Hall–Kier alpha value is -1.95. The van der Waals surface area contributed by atoms with Crippen LogP contribution in [0.15, 0.2) is 33.3 Å². The lowest BCUT2D eigenvalue weighted by Gasteiger charge is -2.38. The number of amides is 2. The summed E-state index contributed by atoms with van der Waals surface area (Å²) in [5.74, 6) is 0.971. The van der Waals surface area contributed by atoms with Crippen molar-refractivity contribution in [3.63, 3.8) is 0 Å². The Morgan fingerprint density at radius 2 is 1.63 bits per heavy atom. The first kappa shape index (κ1) is 27.6. The van der Waals surface area contributed by atoms with Gasteiger partial charge in [-0.15, -0.1) is 0 Å². The first-order valence-corrected chi connectivity index (χ1v) is 15.3. The minimum absolute atomic E-state index is 0.0646. The number of hydrogen-bond donors (Lipinski definition) is 0. The summed E-state index contributed by atoms with van der Waals surface area (Å²) in [6.07, 6.45) is 7.75. The van der Waals surface area contributed by atoms with Crippen molar-refractivity contribution in [3.8, 4) is 6.07 Å². The number of fused-ring (bicyclic) bond motifs is 2. The van der Waals surface area contributed by atoms with Crippen molar-refractivity contribution in [1.82, 2.24) is 14.8 Å². The van der Waals surface area contributed by atoms with Gasteiger partial charge >= 0.3 is 0 Å². The highest BCUT2D eigenvalue weighted by atomic mass is 79.9. The zero-order valence-electron chi connectivity index (χ0n) is 21.3. The second-order valence-corrected chi connectivity index (χ2v) is 12.9. The molecule has 0 saturated carbocycles. The summed E-state index contributed by atoms with van der Waals surface area (Å²) in [7, 11) is 0. The molecule has 6 nitrogen and oxygen atoms in total. The normalized spacial score (nSPS) is 20.3. The van der Waals surface area contributed by atoms with Crippen LogP contribution in [0, 0.1) is 23.2 Å². The van der Waals surface area contributed by atoms with Crippen molar-refractivity contribution in [3.05, 3.63) is 60.7 Å². The van der Waals surface area contributed by atoms with E-state index in [-0.39, 0.29) is 24.2 Å². The van der Waals surface area contributed by atoms with Gasteiger partial charge in [-0.05, 0) is 101 Å². The fraction of sp³-hybridized carbons (Fsp3) is 0.517. The standard InChI is InChI=1S/C29H31Br2ClN4O2/c30-22-14-21-2-1-20-15-23(32)16-24(31)27(20)28(29(21)34-17-22)19-6-11-36(12-7-19)26(38)13-18-4-9-35(10-5-18)25(37)3-8-33/h14-19,28H,1-7,9-13H2/t28-/m1/s1. The molecule has 5 rings (SSSR count). The van der Waals surface area contributed by atoms with Gasteiger partial charge in [0.2, 0.25) is 11.8 Å². The lowest BCUT2D eigenvalue weighted by Crippen LogP contribution is -2.42. The van der Waals surface area contributed by atoms with Gasteiger partial charge in [-0.1, -0.05) is 27.5 Å². The topological polar surface area (TPSA) is 77.3 Å². The van der Waals surface area contributed by atoms with E-state index in [0.29, 0.717) is 31.3 Å². The number of aromatic nitrogens is 1. The van der Waals surface area contributed by atoms with Gasteiger partial charge < -0.3 is 9.80 Å². The average Bonchev–Trinajstić information content (AvgIpc) is 3.06. The molecule has 2 aromatic rings. The minimum Gasteiger partial charge on any atom is -0.343 e. The van der Waals surface area contributed by atoms with Gasteiger partial charge in [0.05, 0.1) is 11.8 Å². The monoisotopic (exact) mass is 660 g/mol. The van der Waals surface area contributed by atoms with Crippen LogP contribution in [0.2, 0.25) is 5.02 Å². The predicted octanol–water partition coefficient (Wildman–Crippen LogP) is 6.27. The third-order valence-electron chi connectivity index (χ3n) is 8.44. The minimum atomic E-state index is -0.100. The number of nitriles is 1. The van der Waals surface area contributed by atoms with Gasteiger partial charge in [-0.3, -0.25) is 14.6 Å². The van der Waals surface area contributed by atoms with Crippen LogP contribution in [0.25, 0.3) is 0 Å². The number of carbonyl (C=O) groups is 2. The zero-order chi connectivity index (χ0) is 26.8. The van der Waals surface area contributed by atoms with E-state index in [1.807, 2.05) is 23.2 Å². The highest BCUT2D eigenvalue weighted by Gasteiger charge is 2.36. The third kappa shape index (κ3) is 5.95. The second kappa shape index (κ2) is 12.1. The van der Waals surface area contributed by atoms with E-state index in [0.717, 1.165) is 71.3 Å². The molecule has 0 N–H and O–H groups in total. The third-order valence-corrected chi connectivity index (χ3v) is 9.75. The van der Waals surface area contributed by atoms with E-state index in [4.69, 9.17) is 21.8 Å². The lowest BCUT2D eigenvalue weighted by atomic mass is 9.76. The Labute approximate surface area is 246 Å². The quantitative estimate of drug-likeness (QED) is 0.387. The predicted molar refractivity (Wildman–Crippen MR) is 154 cm³/mol. The summed E-state index contributed by atoms with van der Waals surface area (Å²) in [6, 6.07) is 8.24. The van der Waals surface area contributed by atoms with E-state index >= 15 is 0 Å². The van der Waals surface area contributed by atoms with Gasteiger partial charge in [-0.2, -0.15) is 5.26 Å². The van der Waals surface area contributed by atoms with Gasteiger partial charge in [-0.25, -0.2) is 0 Å². The fourth-order valence-corrected chi connectivity index (χ4v) is 7.95. The van der Waals surface area contributed by atoms with Crippen molar-refractivity contribution < 1.29 is 9.59 Å². The molecular formula is C29H31Br2ClN4O2. The molecule has 1 aliphatic carbocycles. The molecule has 0 unspecified atom stereocenters. The SMILES string of the molecule is N#CCC(=O)N1CCC(CC(=O)N2CCC([C@H]3c4ncc(Br)cc4CCc4cc(Cl)cc(Br)c43)CC2)CC1. The molecule has 3 aliphatic rings. The molecule has 2 amide bonds. The van der Waals surface area contributed by atoms with Crippen LogP contribution in [0.4, 0.5) is 0 Å². The lowest BCUT2D eigenvalue weighted by molar-refractivity contribution is -0.134. The summed E-state index contributed by atoms with van der Waals surface area (Å²) in [5, 5.41) is 9.52. The molecule has 0 radical (unpaired) electrons. The Balaban J connectivity index is 1.26. The van der Waals surface area contributed by atoms with Crippen LogP contribution in [0.3, 0.4) is 0 Å². The van der Waals surface area contributed by atoms with Crippen LogP contribution in [0.5, 0.6) is 0 Å². The van der Waals surface area contributed by atoms with Gasteiger partial charge in [0.25, 0.3) is 0 Å². The Kier molecular flexibility index (Phi) is 8.76. The first-order chi connectivity index (χ1) is 18.3. The maximum atomic E-state index is 13.2. The van der Waals surface area contributed by atoms with E-state index in [2.05, 4.69) is 44.0 Å². The van der Waals surface area contributed by atoms with Crippen molar-refractivity contribution in [1.29, 1.82) is 5.26 Å².